The Hall–Kier alpha value is -4.14. The quantitative estimate of drug-likeness (QED) is 0.405. The third-order valence-electron chi connectivity index (χ3n) is 4.25. The minimum absolute atomic E-state index is 0.0000275. The first-order chi connectivity index (χ1) is 16.0. The van der Waals surface area contributed by atoms with E-state index in [1.54, 1.807) is 6.92 Å². The number of carbonyl (C=O) groups excluding carboxylic acids is 3. The number of nitrogens with one attached hydrogen (secondary N) is 3. The van der Waals surface area contributed by atoms with E-state index in [0.29, 0.717) is 17.3 Å². The van der Waals surface area contributed by atoms with Crippen molar-refractivity contribution in [2.45, 2.75) is 19.1 Å². The zero-order valence-electron chi connectivity index (χ0n) is 17.5. The number of aromatic nitrogens is 4. The number of anilines is 1. The van der Waals surface area contributed by atoms with Crippen LogP contribution in [0.1, 0.15) is 54.2 Å². The molecule has 3 aromatic rings. The minimum atomic E-state index is -4.83. The first-order valence-electron chi connectivity index (χ1n) is 9.38. The highest BCUT2D eigenvalue weighted by Crippen LogP contribution is 2.36. The van der Waals surface area contributed by atoms with Crippen LogP contribution in [0.15, 0.2) is 30.9 Å². The van der Waals surface area contributed by atoms with Gasteiger partial charge in [-0.05, 0) is 13.0 Å². The van der Waals surface area contributed by atoms with Crippen LogP contribution >= 0.6 is 11.3 Å². The van der Waals surface area contributed by atoms with Crippen molar-refractivity contribution < 1.29 is 32.7 Å². The number of carbonyl (C=O) groups is 3. The minimum Gasteiger partial charge on any atom is -0.506 e. The fourth-order valence-electron chi connectivity index (χ4n) is 2.58. The monoisotopic (exact) mass is 495 g/mol. The van der Waals surface area contributed by atoms with Gasteiger partial charge in [0.15, 0.2) is 0 Å². The number of amides is 3. The molecule has 0 fully saturated rings. The average Bonchev–Trinajstić information content (AvgIpc) is 3.30. The Labute approximate surface area is 193 Å². The Bertz CT molecular complexity index is 1250. The van der Waals surface area contributed by atoms with Crippen molar-refractivity contribution in [3.63, 3.8) is 0 Å². The highest BCUT2D eigenvalue weighted by molar-refractivity contribution is 7.13. The Morgan fingerprint density at radius 1 is 1.00 bits per heavy atom. The molecule has 15 heteroatoms. The average molecular weight is 495 g/mol. The Morgan fingerprint density at radius 2 is 1.68 bits per heavy atom. The van der Waals surface area contributed by atoms with Gasteiger partial charge in [-0.1, -0.05) is 0 Å². The maximum absolute atomic E-state index is 12.9. The Balaban J connectivity index is 1.68. The van der Waals surface area contributed by atoms with Crippen molar-refractivity contribution in [1.82, 2.24) is 30.6 Å². The van der Waals surface area contributed by atoms with Gasteiger partial charge in [0, 0.05) is 13.1 Å². The highest BCUT2D eigenvalue weighted by atomic mass is 32.1. The van der Waals surface area contributed by atoms with Crippen molar-refractivity contribution in [1.29, 1.82) is 0 Å². The summed E-state index contributed by atoms with van der Waals surface area (Å²) in [6.45, 7) is 1.59. The summed E-state index contributed by atoms with van der Waals surface area (Å²) in [5, 5.41) is 16.9. The molecule has 0 aliphatic heterocycles. The van der Waals surface area contributed by atoms with E-state index in [4.69, 9.17) is 0 Å². The van der Waals surface area contributed by atoms with Gasteiger partial charge >= 0.3 is 6.18 Å². The van der Waals surface area contributed by atoms with Gasteiger partial charge in [-0.15, -0.1) is 11.3 Å². The number of pyridine rings is 1. The van der Waals surface area contributed by atoms with Crippen LogP contribution in [-0.4, -0.2) is 49.8 Å². The van der Waals surface area contributed by atoms with Gasteiger partial charge < -0.3 is 21.1 Å². The molecule has 0 radical (unpaired) electrons. The van der Waals surface area contributed by atoms with Crippen LogP contribution in [0.25, 0.3) is 0 Å². The van der Waals surface area contributed by atoms with E-state index in [9.17, 15) is 32.7 Å². The van der Waals surface area contributed by atoms with Crippen molar-refractivity contribution >= 4 is 34.9 Å². The number of hydrogen-bond acceptors (Lipinski definition) is 9. The van der Waals surface area contributed by atoms with E-state index in [-0.39, 0.29) is 16.3 Å². The van der Waals surface area contributed by atoms with Crippen molar-refractivity contribution in [2.75, 3.05) is 12.4 Å². The Kier molecular flexibility index (Phi) is 7.05. The molecule has 0 bridgehead atoms. The van der Waals surface area contributed by atoms with E-state index in [2.05, 4.69) is 35.9 Å². The summed E-state index contributed by atoms with van der Waals surface area (Å²) >= 11 is 0.896. The molecule has 34 heavy (non-hydrogen) atoms. The van der Waals surface area contributed by atoms with Gasteiger partial charge in [-0.3, -0.25) is 14.4 Å². The third kappa shape index (κ3) is 5.61. The van der Waals surface area contributed by atoms with Gasteiger partial charge in [-0.25, -0.2) is 19.9 Å². The summed E-state index contributed by atoms with van der Waals surface area (Å²) in [6.07, 6.45) is -1.99. The number of halogens is 3. The largest absolute Gasteiger partial charge is 0.506 e. The van der Waals surface area contributed by atoms with Crippen LogP contribution < -0.4 is 16.0 Å². The van der Waals surface area contributed by atoms with Gasteiger partial charge in [0.1, 0.15) is 44.7 Å². The molecule has 0 aliphatic carbocycles. The molecule has 1 unspecified atom stereocenters. The van der Waals surface area contributed by atoms with Gasteiger partial charge in [0.2, 0.25) is 0 Å². The summed E-state index contributed by atoms with van der Waals surface area (Å²) in [5.41, 5.74) is -1.41. The fraction of sp³-hybridized carbons (Fsp3) is 0.211. The number of alkyl halides is 3. The third-order valence-corrected chi connectivity index (χ3v) is 5.43. The van der Waals surface area contributed by atoms with Crippen LogP contribution in [0.4, 0.5) is 19.0 Å². The summed E-state index contributed by atoms with van der Waals surface area (Å²) in [6, 6.07) is 1.05. The number of aromatic hydroxyl groups is 1. The molecule has 4 N–H and O–H groups in total. The predicted molar refractivity (Wildman–Crippen MR) is 112 cm³/mol. The predicted octanol–water partition coefficient (Wildman–Crippen LogP) is 2.16. The van der Waals surface area contributed by atoms with Crippen LogP contribution in [0, 0.1) is 0 Å². The van der Waals surface area contributed by atoms with Gasteiger partial charge in [0.05, 0.1) is 18.4 Å². The maximum atomic E-state index is 12.9. The van der Waals surface area contributed by atoms with Crippen LogP contribution in [0.3, 0.4) is 0 Å². The Morgan fingerprint density at radius 3 is 2.32 bits per heavy atom. The molecule has 3 rings (SSSR count). The first-order valence-corrected chi connectivity index (χ1v) is 10.2. The van der Waals surface area contributed by atoms with E-state index in [0.717, 1.165) is 17.7 Å². The molecule has 3 amide bonds. The van der Waals surface area contributed by atoms with Crippen molar-refractivity contribution in [3.05, 3.63) is 57.7 Å². The number of hydrogen-bond donors (Lipinski definition) is 4. The second kappa shape index (κ2) is 9.78. The smallest absolute Gasteiger partial charge is 0.420 e. The summed E-state index contributed by atoms with van der Waals surface area (Å²) < 4.78 is 38.8. The summed E-state index contributed by atoms with van der Waals surface area (Å²) in [5.74, 6) is -3.37. The zero-order chi connectivity index (χ0) is 25.0. The lowest BCUT2D eigenvalue weighted by atomic mass is 10.2. The summed E-state index contributed by atoms with van der Waals surface area (Å²) in [4.78, 5) is 51.8. The number of thiazole rings is 1. The topological polar surface area (TPSA) is 159 Å². The second-order valence-corrected chi connectivity index (χ2v) is 7.73. The molecule has 0 aromatic carbocycles. The molecule has 0 saturated carbocycles. The molecular weight excluding hydrogens is 479 g/mol. The molecule has 178 valence electrons. The lowest BCUT2D eigenvalue weighted by molar-refractivity contribution is -0.138. The van der Waals surface area contributed by atoms with Gasteiger partial charge in [-0.2, -0.15) is 13.2 Å². The molecule has 0 spiro atoms. The molecule has 3 aromatic heterocycles. The highest BCUT2D eigenvalue weighted by Gasteiger charge is 2.34. The maximum Gasteiger partial charge on any atom is 0.420 e. The van der Waals surface area contributed by atoms with Gasteiger partial charge in [0.25, 0.3) is 17.7 Å². The van der Waals surface area contributed by atoms with Crippen LogP contribution in [0.2, 0.25) is 0 Å². The lowest BCUT2D eigenvalue weighted by Crippen LogP contribution is -2.28. The van der Waals surface area contributed by atoms with Crippen LogP contribution in [-0.2, 0) is 6.18 Å². The first kappa shape index (κ1) is 24.5. The van der Waals surface area contributed by atoms with Crippen molar-refractivity contribution in [2.24, 2.45) is 0 Å². The van der Waals surface area contributed by atoms with E-state index in [1.807, 2.05) is 0 Å². The SMILES string of the molecule is CNC(=O)c1cc(C(=O)NC(C)c2ncc(C(=O)Nc3cc(C(F)(F)F)c(O)cn3)s2)ncn1. The molecule has 0 aliphatic rings. The zero-order valence-corrected chi connectivity index (χ0v) is 18.3. The molecule has 0 saturated heterocycles. The normalized spacial score (nSPS) is 12.0. The van der Waals surface area contributed by atoms with Crippen molar-refractivity contribution in [3.8, 4) is 5.75 Å². The molecular formula is C19H16F3N7O4S. The fourth-order valence-corrected chi connectivity index (χ4v) is 3.40. The van der Waals surface area contributed by atoms with E-state index >= 15 is 0 Å². The standard InChI is InChI=1S/C19H16F3N7O4S/c1-8(28-16(32)11-4-10(15(31)23-2)26-7-27-11)18-25-6-13(34-18)17(33)29-14-3-9(19(20,21)22)12(30)5-24-14/h3-8,30H,1-2H3,(H,23,31)(H,28,32)(H,24,29,33). The molecule has 11 nitrogen and oxygen atoms in total. The lowest BCUT2D eigenvalue weighted by Gasteiger charge is -2.11. The molecule has 1 atom stereocenters. The number of rotatable bonds is 6. The van der Waals surface area contributed by atoms with E-state index < -0.39 is 47.1 Å². The molecule has 3 heterocycles. The van der Waals surface area contributed by atoms with E-state index in [1.165, 1.54) is 19.3 Å². The summed E-state index contributed by atoms with van der Waals surface area (Å²) in [7, 11) is 1.41. The second-order valence-electron chi connectivity index (χ2n) is 6.66. The van der Waals surface area contributed by atoms with Crippen LogP contribution in [0.5, 0.6) is 5.75 Å². The number of nitrogens with zero attached hydrogens (tertiary/aromatic N) is 4.